The average molecular weight is 897 g/mol. The number of hydrogen-bond acceptors (Lipinski definition) is 11. The first kappa shape index (κ1) is 43.7. The number of hydrogen-bond donors (Lipinski definition) is 3. The molecule has 1 aliphatic carbocycles. The topological polar surface area (TPSA) is 167 Å². The van der Waals surface area contributed by atoms with Gasteiger partial charge in [0.1, 0.15) is 17.7 Å². The normalized spacial score (nSPS) is 22.2. The molecule has 0 spiro atoms. The van der Waals surface area contributed by atoms with E-state index in [2.05, 4.69) is 30.7 Å². The van der Waals surface area contributed by atoms with E-state index in [1.54, 1.807) is 29.0 Å². The van der Waals surface area contributed by atoms with Crippen molar-refractivity contribution in [2.24, 2.45) is 0 Å². The van der Waals surface area contributed by atoms with Crippen LogP contribution in [0.2, 0.25) is 5.02 Å². The number of likely N-dealkylation sites (N-methyl/N-ethyl adjacent to an activating group) is 1. The smallest absolute Gasteiger partial charge is 0.293 e. The van der Waals surface area contributed by atoms with E-state index in [4.69, 9.17) is 21.1 Å². The van der Waals surface area contributed by atoms with E-state index in [1.807, 2.05) is 38.1 Å². The molecule has 338 valence electrons. The van der Waals surface area contributed by atoms with Crippen LogP contribution in [-0.2, 0) is 25.7 Å². The summed E-state index contributed by atoms with van der Waals surface area (Å²) in [5.74, 6) is -0.895. The number of imide groups is 1. The van der Waals surface area contributed by atoms with Crippen molar-refractivity contribution in [3.63, 3.8) is 0 Å². The first-order valence-electron chi connectivity index (χ1n) is 22.4. The number of benzene rings is 2. The van der Waals surface area contributed by atoms with Crippen molar-refractivity contribution in [1.29, 1.82) is 0 Å². The minimum absolute atomic E-state index is 0.0410. The second-order valence-electron chi connectivity index (χ2n) is 17.9. The van der Waals surface area contributed by atoms with E-state index >= 15 is 4.39 Å². The van der Waals surface area contributed by atoms with E-state index in [0.717, 1.165) is 87.1 Å². The van der Waals surface area contributed by atoms with Crippen molar-refractivity contribution in [1.82, 2.24) is 30.0 Å². The summed E-state index contributed by atoms with van der Waals surface area (Å²) in [6.07, 6.45) is 7.86. The summed E-state index contributed by atoms with van der Waals surface area (Å²) in [5, 5.41) is 9.49. The van der Waals surface area contributed by atoms with E-state index in [9.17, 15) is 24.0 Å². The highest BCUT2D eigenvalue weighted by Crippen LogP contribution is 2.40. The van der Waals surface area contributed by atoms with Crippen LogP contribution in [0.25, 0.3) is 10.9 Å². The van der Waals surface area contributed by atoms with Crippen LogP contribution in [0.4, 0.5) is 21.6 Å². The molecule has 1 saturated carbocycles. The lowest BCUT2D eigenvalue weighted by molar-refractivity contribution is -0.137. The summed E-state index contributed by atoms with van der Waals surface area (Å²) in [7, 11) is 1.52. The van der Waals surface area contributed by atoms with Crippen LogP contribution in [-0.4, -0.2) is 107 Å². The Bertz CT molecular complexity index is 2550. The summed E-state index contributed by atoms with van der Waals surface area (Å²) in [4.78, 5) is 73.2. The van der Waals surface area contributed by atoms with Crippen LogP contribution >= 0.6 is 11.6 Å². The highest BCUT2D eigenvalue weighted by Gasteiger charge is 2.42. The molecule has 9 rings (SSSR count). The molecule has 4 aromatic rings. The summed E-state index contributed by atoms with van der Waals surface area (Å²) in [6.45, 7) is 6.98. The average Bonchev–Trinajstić information content (AvgIpc) is 3.61. The predicted molar refractivity (Wildman–Crippen MR) is 240 cm³/mol. The molecule has 0 unspecified atom stereocenters. The Labute approximate surface area is 375 Å². The monoisotopic (exact) mass is 896 g/mol. The molecule has 0 radical (unpaired) electrons. The second kappa shape index (κ2) is 18.1. The fraction of sp³-hybridized carbons (Fsp3) is 0.489. The zero-order valence-corrected chi connectivity index (χ0v) is 37.1. The first-order valence-corrected chi connectivity index (χ1v) is 22.8. The Morgan fingerprint density at radius 1 is 0.969 bits per heavy atom. The van der Waals surface area contributed by atoms with E-state index in [0.29, 0.717) is 33.4 Å². The number of nitrogens with zero attached hydrogens (tertiary/aromatic N) is 5. The summed E-state index contributed by atoms with van der Waals surface area (Å²) < 4.78 is 29.9. The lowest BCUT2D eigenvalue weighted by atomic mass is 9.83. The van der Waals surface area contributed by atoms with Gasteiger partial charge in [-0.3, -0.25) is 29.3 Å². The molecular weight excluding hydrogens is 843 g/mol. The molecule has 4 fully saturated rings. The molecule has 2 aromatic carbocycles. The predicted octanol–water partition coefficient (Wildman–Crippen LogP) is 5.80. The van der Waals surface area contributed by atoms with Gasteiger partial charge in [0.2, 0.25) is 11.8 Å². The van der Waals surface area contributed by atoms with Crippen molar-refractivity contribution < 1.29 is 33.0 Å². The van der Waals surface area contributed by atoms with Crippen LogP contribution in [0, 0.1) is 5.82 Å². The van der Waals surface area contributed by atoms with Gasteiger partial charge < -0.3 is 39.4 Å². The van der Waals surface area contributed by atoms with Gasteiger partial charge >= 0.3 is 0 Å². The van der Waals surface area contributed by atoms with Crippen molar-refractivity contribution in [3.8, 4) is 5.75 Å². The quantitative estimate of drug-likeness (QED) is 0.147. The fourth-order valence-corrected chi connectivity index (χ4v) is 10.2. The first-order chi connectivity index (χ1) is 30.8. The molecule has 3 saturated heterocycles. The van der Waals surface area contributed by atoms with Gasteiger partial charge in [0.25, 0.3) is 17.4 Å². The van der Waals surface area contributed by atoms with Crippen LogP contribution in [0.1, 0.15) is 98.7 Å². The zero-order chi connectivity index (χ0) is 44.8. The molecule has 64 heavy (non-hydrogen) atoms. The SMILES string of the molecule is CNC(=O)COc1cc2cc(Nc3cc(N4CCC(OC5CC(N6CCC(c7ccc8c(c7F)CN([C@@H]7CCC(=O)NC7=O)C8=O)CC6)C5)CC4)ncc3Cl)ccc2n(C(C)C)c1=O. The molecule has 15 nitrogen and oxygen atoms in total. The van der Waals surface area contributed by atoms with Crippen molar-refractivity contribution in [3.05, 3.63) is 86.5 Å². The number of carbonyl (C=O) groups excluding carboxylic acids is 4. The van der Waals surface area contributed by atoms with Gasteiger partial charge in [-0.05, 0) is 114 Å². The Morgan fingerprint density at radius 2 is 1.73 bits per heavy atom. The Kier molecular flexibility index (Phi) is 12.4. The molecule has 6 heterocycles. The maximum absolute atomic E-state index is 16.0. The van der Waals surface area contributed by atoms with Gasteiger partial charge in [-0.2, -0.15) is 0 Å². The molecule has 17 heteroatoms. The zero-order valence-electron chi connectivity index (χ0n) is 36.3. The maximum Gasteiger partial charge on any atom is 0.293 e. The molecule has 4 aliphatic heterocycles. The molecule has 0 bridgehead atoms. The molecular formula is C47H54ClFN8O7. The van der Waals surface area contributed by atoms with E-state index in [-0.39, 0.29) is 85.0 Å². The molecule has 2 aromatic heterocycles. The standard InChI is InChI=1S/C47H54ClFN8O7/c1-26(2)57-38-7-4-29(18-28(38)19-40(47(57)62)63-25-43(59)50-3)52-37-22-41(51-23-36(37)48)55-16-12-31(13-17-55)64-32-20-30(21-32)54-14-10-27(11-15-54)33-5-6-34-35(44(33)49)24-56(46(34)61)39-8-9-42(58)53-45(39)60/h4-7,18-19,22-23,26-27,30-32,39H,8-17,20-21,24-25H2,1-3H3,(H,50,59)(H,51,52)(H,53,58,60)/t30?,32?,39-/m1/s1. The number of pyridine rings is 2. The second-order valence-corrected chi connectivity index (χ2v) is 18.3. The van der Waals surface area contributed by atoms with Gasteiger partial charge in [0.15, 0.2) is 12.4 Å². The van der Waals surface area contributed by atoms with Crippen LogP contribution in [0.15, 0.2) is 53.5 Å². The largest absolute Gasteiger partial charge is 0.478 e. The Balaban J connectivity index is 0.746. The Hall–Kier alpha value is -5.58. The van der Waals surface area contributed by atoms with Gasteiger partial charge in [-0.25, -0.2) is 9.37 Å². The highest BCUT2D eigenvalue weighted by molar-refractivity contribution is 6.33. The number of anilines is 3. The van der Waals surface area contributed by atoms with Gasteiger partial charge in [0, 0.05) is 66.9 Å². The fourth-order valence-electron chi connectivity index (χ4n) is 10.0. The van der Waals surface area contributed by atoms with Gasteiger partial charge in [0.05, 0.1) is 41.2 Å². The highest BCUT2D eigenvalue weighted by atomic mass is 35.5. The van der Waals surface area contributed by atoms with Crippen LogP contribution in [0.3, 0.4) is 0 Å². The van der Waals surface area contributed by atoms with Crippen LogP contribution in [0.5, 0.6) is 5.75 Å². The number of ether oxygens (including phenoxy) is 2. The maximum atomic E-state index is 16.0. The van der Waals surface area contributed by atoms with E-state index < -0.39 is 11.9 Å². The van der Waals surface area contributed by atoms with Gasteiger partial charge in [-0.1, -0.05) is 17.7 Å². The minimum atomic E-state index is -0.766. The number of nitrogens with one attached hydrogen (secondary N) is 3. The summed E-state index contributed by atoms with van der Waals surface area (Å²) >= 11 is 6.65. The van der Waals surface area contributed by atoms with Gasteiger partial charge in [-0.15, -0.1) is 0 Å². The lowest BCUT2D eigenvalue weighted by Crippen LogP contribution is -2.52. The summed E-state index contributed by atoms with van der Waals surface area (Å²) in [5.41, 5.74) is 3.22. The number of fused-ring (bicyclic) bond motifs is 2. The number of amides is 4. The molecule has 5 aliphatic rings. The number of halogens is 2. The van der Waals surface area contributed by atoms with Crippen molar-refractivity contribution in [2.45, 2.75) is 108 Å². The Morgan fingerprint density at radius 3 is 2.45 bits per heavy atom. The third kappa shape index (κ3) is 8.66. The number of likely N-dealkylation sites (tertiary alicyclic amines) is 1. The number of aromatic nitrogens is 2. The van der Waals surface area contributed by atoms with E-state index in [1.165, 1.54) is 11.9 Å². The molecule has 4 amide bonds. The third-order valence-corrected chi connectivity index (χ3v) is 14.0. The minimum Gasteiger partial charge on any atom is -0.478 e. The molecule has 1 atom stereocenters. The van der Waals surface area contributed by atoms with Crippen molar-refractivity contribution in [2.75, 3.05) is 50.1 Å². The third-order valence-electron chi connectivity index (χ3n) is 13.7. The number of piperidine rings is 3. The number of carbonyl (C=O) groups is 4. The van der Waals surface area contributed by atoms with Crippen LogP contribution < -0.4 is 31.1 Å². The number of rotatable bonds is 12. The summed E-state index contributed by atoms with van der Waals surface area (Å²) in [6, 6.07) is 12.4. The lowest BCUT2D eigenvalue weighted by Gasteiger charge is -2.47. The van der Waals surface area contributed by atoms with Crippen molar-refractivity contribution >= 4 is 63.3 Å². The molecule has 3 N–H and O–H groups in total.